The Hall–Kier alpha value is -1.43. The largest absolute Gasteiger partial charge is 0.345 e. The standard InChI is InChI=1S/C10H15N5S/c1-4-9-12-10(16-14-9)15(3)6-8-5-11-13-7(8)2/h5H,4,6H2,1-3H3,(H,11,13). The summed E-state index contributed by atoms with van der Waals surface area (Å²) in [5.41, 5.74) is 2.29. The molecule has 2 aromatic heterocycles. The van der Waals surface area contributed by atoms with Gasteiger partial charge in [0.2, 0.25) is 5.13 Å². The quantitative estimate of drug-likeness (QED) is 0.880. The number of aromatic amines is 1. The fourth-order valence-electron chi connectivity index (χ4n) is 1.40. The highest BCUT2D eigenvalue weighted by atomic mass is 32.1. The minimum Gasteiger partial charge on any atom is -0.345 e. The van der Waals surface area contributed by atoms with E-state index in [1.165, 1.54) is 17.1 Å². The average Bonchev–Trinajstić information content (AvgIpc) is 2.88. The predicted octanol–water partition coefficient (Wildman–Crippen LogP) is 1.77. The van der Waals surface area contributed by atoms with Gasteiger partial charge in [0, 0.05) is 42.8 Å². The third kappa shape index (κ3) is 2.21. The Morgan fingerprint density at radius 3 is 2.88 bits per heavy atom. The Kier molecular flexibility index (Phi) is 3.19. The number of hydrogen-bond acceptors (Lipinski definition) is 5. The number of aromatic nitrogens is 4. The van der Waals surface area contributed by atoms with Crippen LogP contribution in [0.4, 0.5) is 5.13 Å². The van der Waals surface area contributed by atoms with Gasteiger partial charge in [0.05, 0.1) is 6.20 Å². The van der Waals surface area contributed by atoms with Crippen molar-refractivity contribution in [2.24, 2.45) is 0 Å². The molecule has 0 bridgehead atoms. The molecule has 2 rings (SSSR count). The molecule has 0 unspecified atom stereocenters. The normalized spacial score (nSPS) is 10.7. The lowest BCUT2D eigenvalue weighted by atomic mass is 10.2. The highest BCUT2D eigenvalue weighted by Crippen LogP contribution is 2.18. The van der Waals surface area contributed by atoms with E-state index in [2.05, 4.69) is 31.4 Å². The van der Waals surface area contributed by atoms with Gasteiger partial charge in [-0.3, -0.25) is 5.10 Å². The van der Waals surface area contributed by atoms with Gasteiger partial charge in [-0.05, 0) is 6.92 Å². The van der Waals surface area contributed by atoms with E-state index in [0.717, 1.165) is 29.6 Å². The highest BCUT2D eigenvalue weighted by molar-refractivity contribution is 7.09. The van der Waals surface area contributed by atoms with Crippen LogP contribution in [0, 0.1) is 6.92 Å². The molecule has 2 aromatic rings. The summed E-state index contributed by atoms with van der Waals surface area (Å²) < 4.78 is 4.27. The van der Waals surface area contributed by atoms with Crippen molar-refractivity contribution in [2.75, 3.05) is 11.9 Å². The summed E-state index contributed by atoms with van der Waals surface area (Å²) in [6.07, 6.45) is 2.74. The van der Waals surface area contributed by atoms with Crippen molar-refractivity contribution in [1.82, 2.24) is 19.6 Å². The van der Waals surface area contributed by atoms with Crippen LogP contribution in [0.1, 0.15) is 24.0 Å². The molecular weight excluding hydrogens is 222 g/mol. The monoisotopic (exact) mass is 237 g/mol. The van der Waals surface area contributed by atoms with Crippen LogP contribution in [-0.4, -0.2) is 26.6 Å². The zero-order valence-electron chi connectivity index (χ0n) is 9.69. The van der Waals surface area contributed by atoms with Gasteiger partial charge >= 0.3 is 0 Å². The molecule has 0 saturated heterocycles. The van der Waals surface area contributed by atoms with Crippen LogP contribution in [0.5, 0.6) is 0 Å². The Bertz CT molecular complexity index is 461. The van der Waals surface area contributed by atoms with Gasteiger partial charge in [-0.2, -0.15) is 9.47 Å². The zero-order valence-corrected chi connectivity index (χ0v) is 10.5. The lowest BCUT2D eigenvalue weighted by Crippen LogP contribution is -2.16. The molecule has 2 heterocycles. The fraction of sp³-hybridized carbons (Fsp3) is 0.500. The lowest BCUT2D eigenvalue weighted by Gasteiger charge is -2.14. The maximum Gasteiger partial charge on any atom is 0.205 e. The molecule has 0 saturated carbocycles. The molecule has 0 aromatic carbocycles. The van der Waals surface area contributed by atoms with Gasteiger partial charge in [-0.1, -0.05) is 6.92 Å². The molecule has 86 valence electrons. The molecule has 0 aliphatic rings. The third-order valence-corrected chi connectivity index (χ3v) is 3.31. The molecule has 0 fully saturated rings. The minimum absolute atomic E-state index is 0.806. The summed E-state index contributed by atoms with van der Waals surface area (Å²) in [6, 6.07) is 0. The van der Waals surface area contributed by atoms with Crippen LogP contribution in [-0.2, 0) is 13.0 Å². The van der Waals surface area contributed by atoms with E-state index >= 15 is 0 Å². The number of nitrogens with one attached hydrogen (secondary N) is 1. The number of anilines is 1. The molecule has 0 atom stereocenters. The van der Waals surface area contributed by atoms with E-state index in [1.54, 1.807) is 0 Å². The first-order valence-electron chi connectivity index (χ1n) is 5.23. The Labute approximate surface area is 98.7 Å². The van der Waals surface area contributed by atoms with Crippen molar-refractivity contribution in [2.45, 2.75) is 26.8 Å². The van der Waals surface area contributed by atoms with E-state index in [1.807, 2.05) is 20.2 Å². The van der Waals surface area contributed by atoms with E-state index in [4.69, 9.17) is 0 Å². The molecular formula is C10H15N5S. The second-order valence-electron chi connectivity index (χ2n) is 3.72. The fourth-order valence-corrected chi connectivity index (χ4v) is 2.11. The van der Waals surface area contributed by atoms with E-state index in [-0.39, 0.29) is 0 Å². The molecule has 5 nitrogen and oxygen atoms in total. The maximum atomic E-state index is 4.44. The Morgan fingerprint density at radius 1 is 1.50 bits per heavy atom. The van der Waals surface area contributed by atoms with Crippen molar-refractivity contribution < 1.29 is 0 Å². The molecule has 0 aliphatic heterocycles. The van der Waals surface area contributed by atoms with E-state index in [9.17, 15) is 0 Å². The molecule has 0 amide bonds. The predicted molar refractivity (Wildman–Crippen MR) is 64.7 cm³/mol. The molecule has 0 aliphatic carbocycles. The topological polar surface area (TPSA) is 57.7 Å². The number of rotatable bonds is 4. The summed E-state index contributed by atoms with van der Waals surface area (Å²) in [7, 11) is 2.02. The number of H-pyrrole nitrogens is 1. The van der Waals surface area contributed by atoms with Crippen LogP contribution < -0.4 is 4.90 Å². The first-order chi connectivity index (χ1) is 7.70. The van der Waals surface area contributed by atoms with Crippen molar-refractivity contribution in [1.29, 1.82) is 0 Å². The van der Waals surface area contributed by atoms with Crippen molar-refractivity contribution in [3.8, 4) is 0 Å². The van der Waals surface area contributed by atoms with E-state index in [0.29, 0.717) is 0 Å². The summed E-state index contributed by atoms with van der Waals surface area (Å²) in [5, 5.41) is 7.89. The number of aryl methyl sites for hydroxylation is 2. The molecule has 16 heavy (non-hydrogen) atoms. The van der Waals surface area contributed by atoms with Gasteiger partial charge in [-0.15, -0.1) is 0 Å². The second kappa shape index (κ2) is 4.61. The smallest absolute Gasteiger partial charge is 0.205 e. The highest BCUT2D eigenvalue weighted by Gasteiger charge is 2.10. The maximum absolute atomic E-state index is 4.44. The van der Waals surface area contributed by atoms with Crippen LogP contribution in [0.2, 0.25) is 0 Å². The number of nitrogens with zero attached hydrogens (tertiary/aromatic N) is 4. The summed E-state index contributed by atoms with van der Waals surface area (Å²) >= 11 is 1.44. The van der Waals surface area contributed by atoms with Gasteiger partial charge < -0.3 is 4.90 Å². The van der Waals surface area contributed by atoms with Gasteiger partial charge in [0.15, 0.2) is 0 Å². The van der Waals surface area contributed by atoms with Crippen LogP contribution in [0.3, 0.4) is 0 Å². The molecule has 6 heteroatoms. The minimum atomic E-state index is 0.806. The van der Waals surface area contributed by atoms with Crippen LogP contribution >= 0.6 is 11.5 Å². The summed E-state index contributed by atoms with van der Waals surface area (Å²) in [6.45, 7) is 4.89. The second-order valence-corrected chi connectivity index (χ2v) is 4.45. The summed E-state index contributed by atoms with van der Waals surface area (Å²) in [4.78, 5) is 6.53. The van der Waals surface area contributed by atoms with Gasteiger partial charge in [0.1, 0.15) is 5.82 Å². The first-order valence-corrected chi connectivity index (χ1v) is 6.00. The van der Waals surface area contributed by atoms with E-state index < -0.39 is 0 Å². The average molecular weight is 237 g/mol. The third-order valence-electron chi connectivity index (χ3n) is 2.44. The van der Waals surface area contributed by atoms with Crippen LogP contribution in [0.25, 0.3) is 0 Å². The van der Waals surface area contributed by atoms with Crippen molar-refractivity contribution in [3.05, 3.63) is 23.3 Å². The zero-order chi connectivity index (χ0) is 11.5. The SMILES string of the molecule is CCc1nsc(N(C)Cc2cn[nH]c2C)n1. The van der Waals surface area contributed by atoms with Crippen molar-refractivity contribution in [3.63, 3.8) is 0 Å². The number of hydrogen-bond donors (Lipinski definition) is 1. The molecule has 0 radical (unpaired) electrons. The Balaban J connectivity index is 2.08. The summed E-state index contributed by atoms with van der Waals surface area (Å²) in [5.74, 6) is 0.913. The molecule has 0 spiro atoms. The Morgan fingerprint density at radius 2 is 2.31 bits per heavy atom. The lowest BCUT2D eigenvalue weighted by molar-refractivity contribution is 0.892. The van der Waals surface area contributed by atoms with Crippen molar-refractivity contribution >= 4 is 16.7 Å². The molecule has 1 N–H and O–H groups in total. The van der Waals surface area contributed by atoms with Gasteiger partial charge in [0.25, 0.3) is 0 Å². The van der Waals surface area contributed by atoms with Crippen LogP contribution in [0.15, 0.2) is 6.20 Å². The van der Waals surface area contributed by atoms with Gasteiger partial charge in [-0.25, -0.2) is 4.98 Å². The first kappa shape index (κ1) is 11.1.